The van der Waals surface area contributed by atoms with Gasteiger partial charge in [-0.1, -0.05) is 6.07 Å². The van der Waals surface area contributed by atoms with Crippen LogP contribution in [0.25, 0.3) is 0 Å². The van der Waals surface area contributed by atoms with Gasteiger partial charge in [-0.3, -0.25) is 30.6 Å². The Balaban J connectivity index is 1.84. The molecule has 0 fully saturated rings. The van der Waals surface area contributed by atoms with Gasteiger partial charge in [0.1, 0.15) is 5.75 Å². The van der Waals surface area contributed by atoms with Crippen LogP contribution in [0.2, 0.25) is 0 Å². The summed E-state index contributed by atoms with van der Waals surface area (Å²) in [6.45, 7) is -0.637. The van der Waals surface area contributed by atoms with Gasteiger partial charge in [-0.25, -0.2) is 0 Å². The van der Waals surface area contributed by atoms with Crippen LogP contribution in [0.15, 0.2) is 48.5 Å². The minimum absolute atomic E-state index is 0.0553. The lowest BCUT2D eigenvalue weighted by atomic mass is 10.2. The first-order valence-electron chi connectivity index (χ1n) is 7.30. The largest absolute Gasteiger partial charge is 0.484 e. The zero-order chi connectivity index (χ0) is 20.0. The van der Waals surface area contributed by atoms with E-state index in [1.54, 1.807) is 0 Å². The minimum Gasteiger partial charge on any atom is -0.484 e. The van der Waals surface area contributed by atoms with Crippen LogP contribution >= 0.6 is 0 Å². The molecule has 142 valence electrons. The summed E-state index contributed by atoms with van der Waals surface area (Å²) in [5, 5.41) is 10.5. The molecule has 0 bridgehead atoms. The normalized spacial score (nSPS) is 10.8. The topological polar surface area (TPSA) is 111 Å². The number of hydrogen-bond donors (Lipinski definition) is 2. The average molecular weight is 383 g/mol. The maximum absolute atomic E-state index is 12.6. The second kappa shape index (κ2) is 8.17. The summed E-state index contributed by atoms with van der Waals surface area (Å²) in [6.07, 6.45) is -4.54. The van der Waals surface area contributed by atoms with Crippen LogP contribution in [-0.4, -0.2) is 23.3 Å². The fourth-order valence-corrected chi connectivity index (χ4v) is 1.88. The summed E-state index contributed by atoms with van der Waals surface area (Å²) < 4.78 is 42.7. The number of nitrogens with zero attached hydrogens (tertiary/aromatic N) is 1. The molecular formula is C16H12F3N3O5. The van der Waals surface area contributed by atoms with Gasteiger partial charge in [0.15, 0.2) is 6.61 Å². The predicted octanol–water partition coefficient (Wildman–Crippen LogP) is 2.45. The first kappa shape index (κ1) is 19.7. The Morgan fingerprint density at radius 3 is 2.33 bits per heavy atom. The molecular weight excluding hydrogens is 371 g/mol. The molecule has 0 radical (unpaired) electrons. The summed E-state index contributed by atoms with van der Waals surface area (Å²) in [4.78, 5) is 33.3. The molecule has 0 saturated heterocycles. The highest BCUT2D eigenvalue weighted by Crippen LogP contribution is 2.31. The maximum Gasteiger partial charge on any atom is 0.416 e. The monoisotopic (exact) mass is 383 g/mol. The van der Waals surface area contributed by atoms with Gasteiger partial charge < -0.3 is 4.74 Å². The van der Waals surface area contributed by atoms with Crippen molar-refractivity contribution in [2.75, 3.05) is 6.61 Å². The van der Waals surface area contributed by atoms with Crippen molar-refractivity contribution in [1.29, 1.82) is 0 Å². The van der Waals surface area contributed by atoms with E-state index < -0.39 is 35.1 Å². The number of hydrazine groups is 1. The molecule has 2 amide bonds. The average Bonchev–Trinajstić information content (AvgIpc) is 2.64. The quantitative estimate of drug-likeness (QED) is 0.609. The van der Waals surface area contributed by atoms with Crippen molar-refractivity contribution in [3.8, 4) is 5.75 Å². The molecule has 0 heterocycles. The van der Waals surface area contributed by atoms with Gasteiger partial charge in [-0.2, -0.15) is 13.2 Å². The number of nitro groups is 1. The van der Waals surface area contributed by atoms with E-state index in [9.17, 15) is 32.9 Å². The number of benzene rings is 2. The highest BCUT2D eigenvalue weighted by atomic mass is 19.4. The molecule has 2 N–H and O–H groups in total. The highest BCUT2D eigenvalue weighted by Gasteiger charge is 2.30. The molecule has 27 heavy (non-hydrogen) atoms. The number of nitro benzene ring substituents is 1. The number of carbonyl (C=O) groups excluding carboxylic acids is 2. The number of carbonyl (C=O) groups is 2. The third-order valence-electron chi connectivity index (χ3n) is 3.19. The molecule has 0 aliphatic heterocycles. The van der Waals surface area contributed by atoms with Gasteiger partial charge in [-0.05, 0) is 30.3 Å². The fraction of sp³-hybridized carbons (Fsp3) is 0.125. The molecule has 0 aromatic heterocycles. The number of rotatable bonds is 5. The summed E-state index contributed by atoms with van der Waals surface area (Å²) in [5.41, 5.74) is 2.99. The van der Waals surface area contributed by atoms with E-state index >= 15 is 0 Å². The molecule has 0 unspecified atom stereocenters. The van der Waals surface area contributed by atoms with Crippen LogP contribution in [0.3, 0.4) is 0 Å². The first-order chi connectivity index (χ1) is 12.7. The molecule has 0 aliphatic carbocycles. The molecule has 2 aromatic rings. The van der Waals surface area contributed by atoms with Crippen molar-refractivity contribution < 1.29 is 32.4 Å². The number of nitrogens with one attached hydrogen (secondary N) is 2. The van der Waals surface area contributed by atoms with Crippen LogP contribution in [0.1, 0.15) is 15.9 Å². The summed E-state index contributed by atoms with van der Waals surface area (Å²) in [5.74, 6) is -1.72. The van der Waals surface area contributed by atoms with Gasteiger partial charge in [0.25, 0.3) is 17.5 Å². The second-order valence-corrected chi connectivity index (χ2v) is 5.12. The predicted molar refractivity (Wildman–Crippen MR) is 85.6 cm³/mol. The number of amides is 2. The van der Waals surface area contributed by atoms with Gasteiger partial charge in [0, 0.05) is 17.7 Å². The van der Waals surface area contributed by atoms with Crippen LogP contribution < -0.4 is 15.6 Å². The zero-order valence-corrected chi connectivity index (χ0v) is 13.4. The lowest BCUT2D eigenvalue weighted by Gasteiger charge is -2.11. The Labute approximate surface area is 150 Å². The van der Waals surface area contributed by atoms with E-state index in [1.807, 2.05) is 5.43 Å². The molecule has 8 nitrogen and oxygen atoms in total. The summed E-state index contributed by atoms with van der Waals surface area (Å²) in [7, 11) is 0. The molecule has 0 saturated carbocycles. The Kier molecular flexibility index (Phi) is 5.96. The van der Waals surface area contributed by atoms with Crippen LogP contribution in [0.5, 0.6) is 5.75 Å². The third-order valence-corrected chi connectivity index (χ3v) is 3.19. The molecule has 0 spiro atoms. The molecule has 11 heteroatoms. The van der Waals surface area contributed by atoms with E-state index in [0.717, 1.165) is 30.3 Å². The zero-order valence-electron chi connectivity index (χ0n) is 13.4. The highest BCUT2D eigenvalue weighted by molar-refractivity contribution is 5.95. The minimum atomic E-state index is -4.54. The number of hydrogen-bond acceptors (Lipinski definition) is 5. The van der Waals surface area contributed by atoms with Gasteiger partial charge >= 0.3 is 6.18 Å². The molecule has 0 atom stereocenters. The van der Waals surface area contributed by atoms with E-state index in [1.165, 1.54) is 18.2 Å². The Morgan fingerprint density at radius 2 is 1.74 bits per heavy atom. The van der Waals surface area contributed by atoms with Crippen molar-refractivity contribution in [3.63, 3.8) is 0 Å². The number of alkyl halides is 3. The number of halogens is 3. The van der Waals surface area contributed by atoms with E-state index in [-0.39, 0.29) is 17.0 Å². The molecule has 2 rings (SSSR count). The standard InChI is InChI=1S/C16H12F3N3O5/c17-16(18,19)11-2-1-3-13(8-11)27-9-14(23)20-21-15(24)10-4-6-12(7-5-10)22(25)26/h1-8H,9H2,(H,20,23)(H,21,24). The summed E-state index contributed by atoms with van der Waals surface area (Å²) in [6, 6.07) is 8.60. The van der Waals surface area contributed by atoms with Crippen molar-refractivity contribution >= 4 is 17.5 Å². The van der Waals surface area contributed by atoms with Crippen molar-refractivity contribution in [1.82, 2.24) is 10.9 Å². The molecule has 0 aliphatic rings. The van der Waals surface area contributed by atoms with Crippen LogP contribution in [0.4, 0.5) is 18.9 Å². The Hall–Kier alpha value is -3.63. The van der Waals surface area contributed by atoms with Crippen LogP contribution in [-0.2, 0) is 11.0 Å². The van der Waals surface area contributed by atoms with E-state index in [4.69, 9.17) is 4.74 Å². The summed E-state index contributed by atoms with van der Waals surface area (Å²) >= 11 is 0. The van der Waals surface area contributed by atoms with Crippen molar-refractivity contribution in [2.24, 2.45) is 0 Å². The van der Waals surface area contributed by atoms with E-state index in [0.29, 0.717) is 0 Å². The lowest BCUT2D eigenvalue weighted by Crippen LogP contribution is -2.43. The first-order valence-corrected chi connectivity index (χ1v) is 7.30. The van der Waals surface area contributed by atoms with Crippen molar-refractivity contribution in [2.45, 2.75) is 6.18 Å². The molecule has 2 aromatic carbocycles. The second-order valence-electron chi connectivity index (χ2n) is 5.12. The van der Waals surface area contributed by atoms with Gasteiger partial charge in [0.2, 0.25) is 0 Å². The SMILES string of the molecule is O=C(COc1cccc(C(F)(F)F)c1)NNC(=O)c1ccc([N+](=O)[O-])cc1. The van der Waals surface area contributed by atoms with Gasteiger partial charge in [-0.15, -0.1) is 0 Å². The Bertz CT molecular complexity index is 853. The number of non-ortho nitro benzene ring substituents is 1. The lowest BCUT2D eigenvalue weighted by molar-refractivity contribution is -0.384. The smallest absolute Gasteiger partial charge is 0.416 e. The van der Waals surface area contributed by atoms with Crippen LogP contribution in [0, 0.1) is 10.1 Å². The maximum atomic E-state index is 12.6. The Morgan fingerprint density at radius 1 is 1.07 bits per heavy atom. The van der Waals surface area contributed by atoms with Crippen molar-refractivity contribution in [3.05, 3.63) is 69.8 Å². The van der Waals surface area contributed by atoms with Gasteiger partial charge in [0.05, 0.1) is 10.5 Å². The fourth-order valence-electron chi connectivity index (χ4n) is 1.88. The number of ether oxygens (including phenoxy) is 1. The third kappa shape index (κ3) is 5.70. The van der Waals surface area contributed by atoms with E-state index in [2.05, 4.69) is 5.43 Å².